The van der Waals surface area contributed by atoms with E-state index < -0.39 is 8.07 Å². The summed E-state index contributed by atoms with van der Waals surface area (Å²) < 4.78 is 0. The average molecular weight is 599 g/mol. The minimum absolute atomic E-state index is 0.198. The molecule has 1 fully saturated rings. The second kappa shape index (κ2) is 10.3. The van der Waals surface area contributed by atoms with Gasteiger partial charge in [0.15, 0.2) is 0 Å². The molecular formula is C38H50S2Si. The highest BCUT2D eigenvalue weighted by Crippen LogP contribution is 2.62. The van der Waals surface area contributed by atoms with Gasteiger partial charge >= 0.3 is 0 Å². The number of rotatable bonds is 4. The number of fused-ring (bicyclic) bond motifs is 2. The Hall–Kier alpha value is -1.55. The molecule has 6 rings (SSSR count). The SMILES string of the molecule is CC1Cc2c(-c3ccc(C(C)(C)C)cc3)csc2C1[Si](C)(C)C1C(C)CC2=C(c3ccc(C(C)(C)C)cc3)CSC21. The molecule has 3 heteroatoms. The highest BCUT2D eigenvalue weighted by molar-refractivity contribution is 8.01. The lowest BCUT2D eigenvalue weighted by atomic mass is 9.86. The molecule has 2 aromatic carbocycles. The Morgan fingerprint density at radius 1 is 0.732 bits per heavy atom. The first kappa shape index (κ1) is 29.5. The van der Waals surface area contributed by atoms with Gasteiger partial charge in [0, 0.05) is 15.9 Å². The summed E-state index contributed by atoms with van der Waals surface area (Å²) in [5.41, 5.74) is 14.4. The molecule has 5 unspecified atom stereocenters. The van der Waals surface area contributed by atoms with Crippen molar-refractivity contribution in [3.05, 3.63) is 86.6 Å². The third-order valence-electron chi connectivity index (χ3n) is 10.7. The topological polar surface area (TPSA) is 0 Å². The second-order valence-corrected chi connectivity index (χ2v) is 23.0. The highest BCUT2D eigenvalue weighted by atomic mass is 32.2. The highest BCUT2D eigenvalue weighted by Gasteiger charge is 2.55. The Bertz CT molecular complexity index is 1460. The molecule has 0 saturated heterocycles. The van der Waals surface area contributed by atoms with Gasteiger partial charge in [-0.15, -0.1) is 23.1 Å². The van der Waals surface area contributed by atoms with Crippen LogP contribution in [0.15, 0.2) is 59.5 Å². The number of hydrogen-bond donors (Lipinski definition) is 0. The summed E-state index contributed by atoms with van der Waals surface area (Å²) in [7, 11) is -1.63. The van der Waals surface area contributed by atoms with E-state index >= 15 is 0 Å². The number of thiophene rings is 1. The van der Waals surface area contributed by atoms with Crippen molar-refractivity contribution < 1.29 is 0 Å². The first-order chi connectivity index (χ1) is 19.2. The van der Waals surface area contributed by atoms with Crippen molar-refractivity contribution in [3.63, 3.8) is 0 Å². The predicted octanol–water partition coefficient (Wildman–Crippen LogP) is 11.5. The molecule has 2 aliphatic carbocycles. The molecule has 0 bridgehead atoms. The van der Waals surface area contributed by atoms with Crippen LogP contribution in [0.2, 0.25) is 18.6 Å². The van der Waals surface area contributed by atoms with Crippen LogP contribution in [0.3, 0.4) is 0 Å². The van der Waals surface area contributed by atoms with Crippen molar-refractivity contribution in [1.29, 1.82) is 0 Å². The second-order valence-electron chi connectivity index (χ2n) is 16.1. The fourth-order valence-corrected chi connectivity index (χ4v) is 19.4. The van der Waals surface area contributed by atoms with Gasteiger partial charge in [-0.1, -0.05) is 123 Å². The molecule has 1 saturated carbocycles. The summed E-state index contributed by atoms with van der Waals surface area (Å²) in [6.45, 7) is 24.6. The molecule has 0 radical (unpaired) electrons. The predicted molar refractivity (Wildman–Crippen MR) is 187 cm³/mol. The molecule has 3 aliphatic rings. The lowest BCUT2D eigenvalue weighted by Crippen LogP contribution is -2.45. The van der Waals surface area contributed by atoms with Gasteiger partial charge in [0.1, 0.15) is 0 Å². The first-order valence-corrected chi connectivity index (χ1v) is 20.9. The van der Waals surface area contributed by atoms with Crippen LogP contribution in [0.1, 0.15) is 94.5 Å². The van der Waals surface area contributed by atoms with Crippen LogP contribution in [0, 0.1) is 11.8 Å². The summed E-state index contributed by atoms with van der Waals surface area (Å²) in [6, 6.07) is 19.1. The standard InChI is InChI=1S/C38H50S2Si/c1-23-19-29-31(25-11-15-27(16-12-25)37(3,4)5)21-39-33(29)35(23)41(9,10)36-24(2)20-30-32(22-40-34(30)36)26-13-17-28(18-14-26)38(6,7)8/h11-18,21,23-24,34-36H,19-20,22H2,1-10H3. The third-order valence-corrected chi connectivity index (χ3v) is 18.8. The van der Waals surface area contributed by atoms with Crippen molar-refractivity contribution >= 4 is 36.7 Å². The molecule has 3 aromatic rings. The molecule has 1 aliphatic heterocycles. The van der Waals surface area contributed by atoms with E-state index in [9.17, 15) is 0 Å². The van der Waals surface area contributed by atoms with Crippen molar-refractivity contribution in [3.8, 4) is 11.1 Å². The molecule has 2 heterocycles. The van der Waals surface area contributed by atoms with E-state index in [0.29, 0.717) is 0 Å². The quantitative estimate of drug-likeness (QED) is 0.269. The Morgan fingerprint density at radius 2 is 1.29 bits per heavy atom. The van der Waals surface area contributed by atoms with Crippen molar-refractivity contribution in [2.75, 3.05) is 5.75 Å². The van der Waals surface area contributed by atoms with E-state index in [0.717, 1.165) is 28.2 Å². The van der Waals surface area contributed by atoms with E-state index in [2.05, 4.69) is 145 Å². The van der Waals surface area contributed by atoms with Crippen LogP contribution in [-0.2, 0) is 17.3 Å². The fraction of sp³-hybridized carbons (Fsp3) is 0.526. The maximum Gasteiger partial charge on any atom is 0.0613 e. The first-order valence-electron chi connectivity index (χ1n) is 15.8. The monoisotopic (exact) mass is 598 g/mol. The summed E-state index contributed by atoms with van der Waals surface area (Å²) in [4.78, 5) is 1.75. The van der Waals surface area contributed by atoms with Crippen molar-refractivity contribution in [2.45, 2.75) is 108 Å². The molecule has 1 aromatic heterocycles. The normalized spacial score (nSPS) is 26.5. The number of benzene rings is 2. The van der Waals surface area contributed by atoms with E-state index in [1.54, 1.807) is 21.6 Å². The van der Waals surface area contributed by atoms with Crippen LogP contribution < -0.4 is 0 Å². The smallest absolute Gasteiger partial charge is 0.0613 e. The van der Waals surface area contributed by atoms with E-state index in [4.69, 9.17) is 0 Å². The van der Waals surface area contributed by atoms with Gasteiger partial charge in [0.2, 0.25) is 0 Å². The number of hydrogen-bond acceptors (Lipinski definition) is 2. The number of thioether (sulfide) groups is 1. The molecule has 0 spiro atoms. The maximum atomic E-state index is 2.77. The van der Waals surface area contributed by atoms with Gasteiger partial charge in [-0.25, -0.2) is 0 Å². The van der Waals surface area contributed by atoms with E-state index in [1.165, 1.54) is 46.4 Å². The Balaban J connectivity index is 1.30. The lowest BCUT2D eigenvalue weighted by Gasteiger charge is -2.42. The largest absolute Gasteiger partial charge is 0.149 e. The van der Waals surface area contributed by atoms with E-state index in [-0.39, 0.29) is 10.8 Å². The summed E-state index contributed by atoms with van der Waals surface area (Å²) in [5, 5.41) is 3.22. The summed E-state index contributed by atoms with van der Waals surface area (Å²) in [5.74, 6) is 2.73. The molecular weight excluding hydrogens is 549 g/mol. The van der Waals surface area contributed by atoms with Crippen LogP contribution in [-0.4, -0.2) is 19.1 Å². The van der Waals surface area contributed by atoms with Crippen LogP contribution >= 0.6 is 23.1 Å². The fourth-order valence-electron chi connectivity index (χ4n) is 8.67. The molecule has 41 heavy (non-hydrogen) atoms. The summed E-state index contributed by atoms with van der Waals surface area (Å²) >= 11 is 4.36. The Labute approximate surface area is 259 Å². The summed E-state index contributed by atoms with van der Waals surface area (Å²) in [6.07, 6.45) is 2.56. The van der Waals surface area contributed by atoms with Crippen molar-refractivity contribution in [1.82, 2.24) is 0 Å². The van der Waals surface area contributed by atoms with Gasteiger partial charge in [-0.3, -0.25) is 0 Å². The molecule has 0 N–H and O–H groups in total. The Kier molecular flexibility index (Phi) is 7.39. The van der Waals surface area contributed by atoms with Crippen molar-refractivity contribution in [2.24, 2.45) is 11.8 Å². The minimum atomic E-state index is -1.63. The zero-order chi connectivity index (χ0) is 29.5. The van der Waals surface area contributed by atoms with Crippen LogP contribution in [0.4, 0.5) is 0 Å². The minimum Gasteiger partial charge on any atom is -0.149 e. The zero-order valence-corrected chi connectivity index (χ0v) is 29.7. The van der Waals surface area contributed by atoms with Gasteiger partial charge in [0.05, 0.1) is 8.07 Å². The van der Waals surface area contributed by atoms with Gasteiger partial charge < -0.3 is 0 Å². The molecule has 218 valence electrons. The lowest BCUT2D eigenvalue weighted by molar-refractivity contribution is 0.550. The molecule has 5 atom stereocenters. The Morgan fingerprint density at radius 3 is 1.85 bits per heavy atom. The average Bonchev–Trinajstić information content (AvgIpc) is 3.62. The van der Waals surface area contributed by atoms with Crippen LogP contribution in [0.25, 0.3) is 16.7 Å². The van der Waals surface area contributed by atoms with Gasteiger partial charge in [0.25, 0.3) is 0 Å². The zero-order valence-electron chi connectivity index (χ0n) is 27.0. The van der Waals surface area contributed by atoms with E-state index in [1.807, 2.05) is 0 Å². The third kappa shape index (κ3) is 5.06. The molecule has 0 nitrogen and oxygen atoms in total. The van der Waals surface area contributed by atoms with Crippen LogP contribution in [0.5, 0.6) is 0 Å². The maximum absolute atomic E-state index is 2.77. The van der Waals surface area contributed by atoms with Gasteiger partial charge in [-0.05, 0) is 90.9 Å². The molecule has 0 amide bonds. The van der Waals surface area contributed by atoms with Gasteiger partial charge in [-0.2, -0.15) is 0 Å².